The van der Waals surface area contributed by atoms with Crippen LogP contribution in [0.3, 0.4) is 0 Å². The van der Waals surface area contributed by atoms with Gasteiger partial charge in [0.1, 0.15) is 6.67 Å². The van der Waals surface area contributed by atoms with Crippen LogP contribution in [0, 0.1) is 0 Å². The maximum absolute atomic E-state index is 14.4. The highest BCUT2D eigenvalue weighted by atomic mass is 19.1. The zero-order chi connectivity index (χ0) is 23.3. The number of alkyl halides is 1. The van der Waals surface area contributed by atoms with E-state index in [0.29, 0.717) is 31.6 Å². The highest BCUT2D eigenvalue weighted by Crippen LogP contribution is 2.14. The maximum Gasteiger partial charge on any atom is 0.186 e. The van der Waals surface area contributed by atoms with Gasteiger partial charge < -0.3 is 10.5 Å². The van der Waals surface area contributed by atoms with Gasteiger partial charge in [-0.1, -0.05) is 43.9 Å². The van der Waals surface area contributed by atoms with Crippen LogP contribution in [0.15, 0.2) is 74.8 Å². The summed E-state index contributed by atoms with van der Waals surface area (Å²) in [6.07, 6.45) is 14.2. The fourth-order valence-electron chi connectivity index (χ4n) is 2.19. The highest BCUT2D eigenvalue weighted by molar-refractivity contribution is 5.95. The summed E-state index contributed by atoms with van der Waals surface area (Å²) >= 11 is 0. The first-order valence-electron chi connectivity index (χ1n) is 10.2. The van der Waals surface area contributed by atoms with Gasteiger partial charge in [-0.05, 0) is 31.3 Å². The third-order valence-electron chi connectivity index (χ3n) is 3.83. The summed E-state index contributed by atoms with van der Waals surface area (Å²) in [6.45, 7) is 9.25. The fraction of sp³-hybridized carbons (Fsp3) is 0.435. The molecule has 0 aromatic carbocycles. The van der Waals surface area contributed by atoms with Crippen LogP contribution in [-0.2, 0) is 4.74 Å². The molecule has 0 bridgehead atoms. The lowest BCUT2D eigenvalue weighted by Crippen LogP contribution is -2.14. The molecule has 0 aromatic heterocycles. The molecule has 0 aromatic rings. The molecule has 0 unspecified atom stereocenters. The first-order chi connectivity index (χ1) is 15.0. The number of allylic oxidation sites excluding steroid dienone is 6. The Morgan fingerprint density at radius 2 is 1.97 bits per heavy atom. The third-order valence-corrected chi connectivity index (χ3v) is 3.83. The normalized spacial score (nSPS) is 13.9. The highest BCUT2D eigenvalue weighted by Gasteiger charge is 2.09. The van der Waals surface area contributed by atoms with Crippen molar-refractivity contribution in [3.05, 3.63) is 59.8 Å². The molecule has 0 spiro atoms. The molecule has 0 atom stereocenters. The first-order valence-corrected chi connectivity index (χ1v) is 10.2. The number of ether oxygens (including phenoxy) is 1. The molecule has 0 saturated heterocycles. The van der Waals surface area contributed by atoms with Crippen molar-refractivity contribution in [1.29, 1.82) is 0 Å². The van der Waals surface area contributed by atoms with E-state index in [1.807, 2.05) is 18.2 Å². The van der Waals surface area contributed by atoms with Gasteiger partial charge in [0.25, 0.3) is 0 Å². The number of aliphatic imine (C=N–C) groups is 2. The lowest BCUT2D eigenvalue weighted by atomic mass is 10.2. The average molecular weight is 436 g/mol. The molecule has 8 heteroatoms. The van der Waals surface area contributed by atoms with Gasteiger partial charge in [0.15, 0.2) is 11.7 Å². The van der Waals surface area contributed by atoms with Crippen LogP contribution in [0.4, 0.5) is 8.78 Å². The van der Waals surface area contributed by atoms with Crippen molar-refractivity contribution in [2.24, 2.45) is 20.8 Å². The van der Waals surface area contributed by atoms with E-state index in [9.17, 15) is 8.78 Å². The number of nitrogens with zero attached hydrogens (tertiary/aromatic N) is 3. The van der Waals surface area contributed by atoms with Crippen LogP contribution < -0.4 is 11.2 Å². The molecule has 0 aliphatic heterocycles. The second-order valence-electron chi connectivity index (χ2n) is 6.41. The van der Waals surface area contributed by atoms with E-state index in [2.05, 4.69) is 46.8 Å². The van der Waals surface area contributed by atoms with E-state index >= 15 is 0 Å². The Kier molecular flexibility index (Phi) is 17.3. The van der Waals surface area contributed by atoms with E-state index in [1.54, 1.807) is 12.3 Å². The van der Waals surface area contributed by atoms with Crippen molar-refractivity contribution in [2.75, 3.05) is 26.9 Å². The van der Waals surface area contributed by atoms with Crippen LogP contribution in [-0.4, -0.2) is 45.7 Å². The summed E-state index contributed by atoms with van der Waals surface area (Å²) in [5, 5.41) is 3.42. The number of amidine groups is 1. The molecule has 0 aliphatic carbocycles. The predicted octanol–water partition coefficient (Wildman–Crippen LogP) is 4.94. The van der Waals surface area contributed by atoms with Crippen molar-refractivity contribution >= 4 is 18.8 Å². The number of hydrogen-bond donors (Lipinski definition) is 2. The van der Waals surface area contributed by atoms with Crippen LogP contribution >= 0.6 is 0 Å². The van der Waals surface area contributed by atoms with E-state index in [0.717, 1.165) is 12.0 Å². The summed E-state index contributed by atoms with van der Waals surface area (Å²) in [5.41, 5.74) is 9.43. The number of unbranched alkanes of at least 4 members (excludes halogenated alkanes) is 1. The van der Waals surface area contributed by atoms with Crippen LogP contribution in [0.2, 0.25) is 0 Å². The number of halogens is 2. The molecular formula is C23H35F2N5O. The van der Waals surface area contributed by atoms with E-state index in [4.69, 9.17) is 10.5 Å². The van der Waals surface area contributed by atoms with Crippen LogP contribution in [0.1, 0.15) is 39.0 Å². The summed E-state index contributed by atoms with van der Waals surface area (Å²) < 4.78 is 32.7. The molecule has 0 saturated carbocycles. The number of rotatable bonds is 17. The van der Waals surface area contributed by atoms with Gasteiger partial charge in [0, 0.05) is 26.4 Å². The lowest BCUT2D eigenvalue weighted by molar-refractivity contribution is 0.158. The van der Waals surface area contributed by atoms with E-state index < -0.39 is 12.5 Å². The number of nitrogens with two attached hydrogens (primary N) is 1. The van der Waals surface area contributed by atoms with Crippen molar-refractivity contribution in [3.63, 3.8) is 0 Å². The largest absolute Gasteiger partial charge is 0.382 e. The first kappa shape index (κ1) is 28.1. The minimum absolute atomic E-state index is 0.152. The Labute approximate surface area is 184 Å². The monoisotopic (exact) mass is 435 g/mol. The smallest absolute Gasteiger partial charge is 0.186 e. The standard InChI is InChI=1S/C23H35F2N5O/c1-5-6-7-8-9-12-19(2)18-31-16-14-21(22(25)23(26)27-3)29-15-11-10-13-20(17-24)30-28-4/h6-9,13,15,30H,2,4-5,10-12,14,16-18H2,1,3H3,(H2,26,27)/b7-6-,9-8-,20-13-,22-21+,29-15?. The van der Waals surface area contributed by atoms with Gasteiger partial charge in [0.05, 0.1) is 24.6 Å². The molecule has 172 valence electrons. The SMILES string of the molecule is C=NN/C(=C\CCC=N/C(CCOCC(=C)C/C=C\C=C/CC)=C(/F)C(N)=NC)CF. The Morgan fingerprint density at radius 1 is 1.23 bits per heavy atom. The van der Waals surface area contributed by atoms with Crippen molar-refractivity contribution in [3.8, 4) is 0 Å². The van der Waals surface area contributed by atoms with Crippen molar-refractivity contribution in [2.45, 2.75) is 39.0 Å². The number of hydrogen-bond acceptors (Lipinski definition) is 5. The second-order valence-corrected chi connectivity index (χ2v) is 6.41. The van der Waals surface area contributed by atoms with Gasteiger partial charge in [-0.15, -0.1) is 0 Å². The predicted molar refractivity (Wildman–Crippen MR) is 128 cm³/mol. The molecule has 0 radical (unpaired) electrons. The molecule has 0 amide bonds. The van der Waals surface area contributed by atoms with Crippen molar-refractivity contribution < 1.29 is 13.5 Å². The number of hydrazone groups is 1. The minimum atomic E-state index is -0.677. The molecule has 3 N–H and O–H groups in total. The summed E-state index contributed by atoms with van der Waals surface area (Å²) in [7, 11) is 1.41. The second kappa shape index (κ2) is 19.1. The lowest BCUT2D eigenvalue weighted by Gasteiger charge is -2.07. The molecular weight excluding hydrogens is 400 g/mol. The minimum Gasteiger partial charge on any atom is -0.382 e. The zero-order valence-corrected chi connectivity index (χ0v) is 18.6. The Hall–Kier alpha value is -2.87. The van der Waals surface area contributed by atoms with Gasteiger partial charge in [-0.3, -0.25) is 15.4 Å². The summed E-state index contributed by atoms with van der Waals surface area (Å²) in [6, 6.07) is 0. The topological polar surface area (TPSA) is 84.4 Å². The van der Waals surface area contributed by atoms with Crippen LogP contribution in [0.5, 0.6) is 0 Å². The summed E-state index contributed by atoms with van der Waals surface area (Å²) in [5.74, 6) is -0.896. The summed E-state index contributed by atoms with van der Waals surface area (Å²) in [4.78, 5) is 7.84. The van der Waals surface area contributed by atoms with Gasteiger partial charge in [-0.25, -0.2) is 8.78 Å². The maximum atomic E-state index is 14.4. The number of nitrogens with one attached hydrogen (secondary N) is 1. The molecule has 6 nitrogen and oxygen atoms in total. The zero-order valence-electron chi connectivity index (χ0n) is 18.6. The third kappa shape index (κ3) is 14.7. The Bertz CT molecular complexity index is 721. The molecule has 0 aliphatic rings. The molecule has 0 rings (SSSR count). The van der Waals surface area contributed by atoms with Crippen molar-refractivity contribution in [1.82, 2.24) is 5.43 Å². The van der Waals surface area contributed by atoms with Crippen LogP contribution in [0.25, 0.3) is 0 Å². The molecule has 0 heterocycles. The van der Waals surface area contributed by atoms with E-state index in [-0.39, 0.29) is 24.6 Å². The fourth-order valence-corrected chi connectivity index (χ4v) is 2.19. The van der Waals surface area contributed by atoms with Gasteiger partial charge in [-0.2, -0.15) is 5.10 Å². The average Bonchev–Trinajstić information content (AvgIpc) is 2.78. The van der Waals surface area contributed by atoms with E-state index in [1.165, 1.54) is 7.05 Å². The Balaban J connectivity index is 4.68. The molecule has 31 heavy (non-hydrogen) atoms. The van der Waals surface area contributed by atoms with Gasteiger partial charge >= 0.3 is 0 Å². The molecule has 0 fully saturated rings. The quantitative estimate of drug-likeness (QED) is 0.0847. The Morgan fingerprint density at radius 3 is 2.61 bits per heavy atom. The van der Waals surface area contributed by atoms with Gasteiger partial charge in [0.2, 0.25) is 0 Å².